The van der Waals surface area contributed by atoms with E-state index in [1.54, 1.807) is 24.0 Å². The van der Waals surface area contributed by atoms with Crippen LogP contribution in [0.15, 0.2) is 18.3 Å². The number of hydrogen-bond acceptors (Lipinski definition) is 3. The third-order valence-electron chi connectivity index (χ3n) is 2.19. The Labute approximate surface area is 106 Å². The molecule has 0 aliphatic heterocycles. The molecule has 0 aliphatic rings. The molecule has 0 unspecified atom stereocenters. The van der Waals surface area contributed by atoms with Crippen LogP contribution in [0.1, 0.15) is 10.5 Å². The number of carbonyl (C=O) groups excluding carboxylic acids is 1. The van der Waals surface area contributed by atoms with Crippen molar-refractivity contribution < 1.29 is 4.79 Å². The van der Waals surface area contributed by atoms with Gasteiger partial charge >= 0.3 is 0 Å². The normalized spacial score (nSPS) is 10.6. The quantitative estimate of drug-likeness (QED) is 0.678. The Morgan fingerprint density at radius 3 is 3.19 bits per heavy atom. The highest BCUT2D eigenvalue weighted by Crippen LogP contribution is 2.14. The van der Waals surface area contributed by atoms with Gasteiger partial charge in [0.25, 0.3) is 5.91 Å². The summed E-state index contributed by atoms with van der Waals surface area (Å²) in [7, 11) is 1.78. The van der Waals surface area contributed by atoms with E-state index in [4.69, 9.17) is 0 Å². The molecular formula is C10H11IN4O. The number of nitrogens with zero attached hydrogens (tertiary/aromatic N) is 3. The molecule has 6 heteroatoms. The van der Waals surface area contributed by atoms with Crippen molar-refractivity contribution in [2.75, 3.05) is 11.0 Å². The van der Waals surface area contributed by atoms with Gasteiger partial charge in [0.15, 0.2) is 11.3 Å². The van der Waals surface area contributed by atoms with E-state index in [0.717, 1.165) is 15.5 Å². The van der Waals surface area contributed by atoms with Crippen molar-refractivity contribution in [3.63, 3.8) is 0 Å². The number of amides is 1. The number of aryl methyl sites for hydroxylation is 1. The van der Waals surface area contributed by atoms with Crippen LogP contribution in [0.3, 0.4) is 0 Å². The minimum absolute atomic E-state index is 0.143. The zero-order valence-corrected chi connectivity index (χ0v) is 10.9. The van der Waals surface area contributed by atoms with Gasteiger partial charge < -0.3 is 5.32 Å². The average molecular weight is 330 g/mol. The molecule has 2 aromatic heterocycles. The van der Waals surface area contributed by atoms with Crippen LogP contribution in [0.2, 0.25) is 0 Å². The molecular weight excluding hydrogens is 319 g/mol. The molecule has 84 valence electrons. The van der Waals surface area contributed by atoms with Crippen molar-refractivity contribution in [3.05, 3.63) is 24.0 Å². The Kier molecular flexibility index (Phi) is 3.37. The van der Waals surface area contributed by atoms with Gasteiger partial charge in [0.05, 0.1) is 5.39 Å². The molecule has 2 rings (SSSR count). The van der Waals surface area contributed by atoms with E-state index in [-0.39, 0.29) is 5.91 Å². The van der Waals surface area contributed by atoms with Crippen molar-refractivity contribution in [2.45, 2.75) is 0 Å². The molecule has 5 nitrogen and oxygen atoms in total. The molecule has 1 amide bonds. The predicted molar refractivity (Wildman–Crippen MR) is 69.7 cm³/mol. The van der Waals surface area contributed by atoms with Gasteiger partial charge in [-0.05, 0) is 12.1 Å². The fraction of sp³-hybridized carbons (Fsp3) is 0.300. The second kappa shape index (κ2) is 4.77. The van der Waals surface area contributed by atoms with E-state index in [1.807, 2.05) is 6.07 Å². The first-order valence-corrected chi connectivity index (χ1v) is 6.38. The Balaban J connectivity index is 2.41. The van der Waals surface area contributed by atoms with Crippen LogP contribution < -0.4 is 5.32 Å². The molecule has 0 radical (unpaired) electrons. The number of fused-ring (bicyclic) bond motifs is 1. The van der Waals surface area contributed by atoms with E-state index in [9.17, 15) is 4.79 Å². The second-order valence-electron chi connectivity index (χ2n) is 3.29. The summed E-state index contributed by atoms with van der Waals surface area (Å²) in [6.07, 6.45) is 1.69. The standard InChI is InChI=1S/C10H11IN4O/c1-15-9-7(3-2-5-12-9)8(14-15)10(16)13-6-4-11/h2-3,5H,4,6H2,1H3,(H,13,16). The summed E-state index contributed by atoms with van der Waals surface area (Å²) in [5.74, 6) is -0.143. The number of nitrogens with one attached hydrogen (secondary N) is 1. The molecule has 2 heterocycles. The van der Waals surface area contributed by atoms with Crippen LogP contribution >= 0.6 is 22.6 Å². The van der Waals surface area contributed by atoms with E-state index in [0.29, 0.717) is 12.2 Å². The molecule has 1 N–H and O–H groups in total. The maximum absolute atomic E-state index is 11.8. The number of alkyl halides is 1. The molecule has 0 aromatic carbocycles. The van der Waals surface area contributed by atoms with Gasteiger partial charge in [-0.2, -0.15) is 5.10 Å². The lowest BCUT2D eigenvalue weighted by Crippen LogP contribution is -2.25. The SMILES string of the molecule is Cn1nc(C(=O)NCCI)c2cccnc21. The van der Waals surface area contributed by atoms with Gasteiger partial charge in [0.1, 0.15) is 0 Å². The van der Waals surface area contributed by atoms with E-state index in [1.165, 1.54) is 0 Å². The topological polar surface area (TPSA) is 59.8 Å². The number of pyridine rings is 1. The third-order valence-corrected chi connectivity index (χ3v) is 2.73. The molecule has 0 saturated carbocycles. The molecule has 0 spiro atoms. The molecule has 2 aromatic rings. The van der Waals surface area contributed by atoms with Crippen LogP contribution in [-0.4, -0.2) is 31.6 Å². The molecule has 0 bridgehead atoms. The second-order valence-corrected chi connectivity index (χ2v) is 4.37. The number of carbonyl (C=O) groups is 1. The Bertz CT molecular complexity index is 523. The summed E-state index contributed by atoms with van der Waals surface area (Å²) >= 11 is 2.21. The van der Waals surface area contributed by atoms with Crippen LogP contribution in [0.25, 0.3) is 11.0 Å². The van der Waals surface area contributed by atoms with Crippen LogP contribution in [-0.2, 0) is 7.05 Å². The maximum Gasteiger partial charge on any atom is 0.272 e. The highest BCUT2D eigenvalue weighted by molar-refractivity contribution is 14.1. The van der Waals surface area contributed by atoms with Crippen molar-refractivity contribution in [1.29, 1.82) is 0 Å². The van der Waals surface area contributed by atoms with Gasteiger partial charge in [-0.3, -0.25) is 4.79 Å². The lowest BCUT2D eigenvalue weighted by molar-refractivity contribution is 0.0952. The highest BCUT2D eigenvalue weighted by atomic mass is 127. The smallest absolute Gasteiger partial charge is 0.272 e. The molecule has 0 fully saturated rings. The first kappa shape index (κ1) is 11.3. The molecule has 16 heavy (non-hydrogen) atoms. The summed E-state index contributed by atoms with van der Waals surface area (Å²) < 4.78 is 2.50. The maximum atomic E-state index is 11.8. The van der Waals surface area contributed by atoms with Crippen molar-refractivity contribution in [2.24, 2.45) is 7.05 Å². The Morgan fingerprint density at radius 2 is 2.44 bits per heavy atom. The van der Waals surface area contributed by atoms with Gasteiger partial charge in [0.2, 0.25) is 0 Å². The number of halogens is 1. The first-order valence-electron chi connectivity index (χ1n) is 4.86. The Morgan fingerprint density at radius 1 is 1.62 bits per heavy atom. The summed E-state index contributed by atoms with van der Waals surface area (Å²) in [5.41, 5.74) is 1.16. The zero-order valence-electron chi connectivity index (χ0n) is 8.77. The summed E-state index contributed by atoms with van der Waals surface area (Å²) in [6.45, 7) is 0.651. The highest BCUT2D eigenvalue weighted by Gasteiger charge is 2.15. The molecule has 0 aliphatic carbocycles. The summed E-state index contributed by atoms with van der Waals surface area (Å²) in [4.78, 5) is 16.0. The summed E-state index contributed by atoms with van der Waals surface area (Å²) in [6, 6.07) is 3.66. The molecule has 0 atom stereocenters. The van der Waals surface area contributed by atoms with E-state index >= 15 is 0 Å². The van der Waals surface area contributed by atoms with Gasteiger partial charge in [-0.25, -0.2) is 9.67 Å². The van der Waals surface area contributed by atoms with Crippen LogP contribution in [0, 0.1) is 0 Å². The lowest BCUT2D eigenvalue weighted by Gasteiger charge is -1.99. The monoisotopic (exact) mass is 330 g/mol. The van der Waals surface area contributed by atoms with Gasteiger partial charge in [0, 0.05) is 24.2 Å². The fourth-order valence-corrected chi connectivity index (χ4v) is 1.77. The molecule has 0 saturated heterocycles. The third kappa shape index (κ3) is 2.01. The fourth-order valence-electron chi connectivity index (χ4n) is 1.50. The first-order chi connectivity index (χ1) is 7.74. The van der Waals surface area contributed by atoms with Crippen molar-refractivity contribution >= 4 is 39.5 Å². The van der Waals surface area contributed by atoms with Gasteiger partial charge in [-0.1, -0.05) is 22.6 Å². The minimum atomic E-state index is -0.143. The number of hydrogen-bond donors (Lipinski definition) is 1. The van der Waals surface area contributed by atoms with Gasteiger partial charge in [-0.15, -0.1) is 0 Å². The largest absolute Gasteiger partial charge is 0.350 e. The number of rotatable bonds is 3. The zero-order chi connectivity index (χ0) is 11.5. The van der Waals surface area contributed by atoms with E-state index < -0.39 is 0 Å². The van der Waals surface area contributed by atoms with Crippen LogP contribution in [0.5, 0.6) is 0 Å². The number of aromatic nitrogens is 3. The summed E-state index contributed by atoms with van der Waals surface area (Å²) in [5, 5.41) is 7.77. The minimum Gasteiger partial charge on any atom is -0.350 e. The van der Waals surface area contributed by atoms with Crippen molar-refractivity contribution in [1.82, 2.24) is 20.1 Å². The predicted octanol–water partition coefficient (Wildman–Crippen LogP) is 1.13. The van der Waals surface area contributed by atoms with E-state index in [2.05, 4.69) is 38.0 Å². The lowest BCUT2D eigenvalue weighted by atomic mass is 10.2. The van der Waals surface area contributed by atoms with Crippen LogP contribution in [0.4, 0.5) is 0 Å². The Hall–Kier alpha value is -1.18. The van der Waals surface area contributed by atoms with Crippen molar-refractivity contribution in [3.8, 4) is 0 Å². The average Bonchev–Trinajstić information content (AvgIpc) is 2.65.